The first-order valence-corrected chi connectivity index (χ1v) is 4.89. The van der Waals surface area contributed by atoms with Gasteiger partial charge in [-0.15, -0.1) is 0 Å². The zero-order chi connectivity index (χ0) is 8.97. The van der Waals surface area contributed by atoms with Crippen molar-refractivity contribution in [3.63, 3.8) is 0 Å². The van der Waals surface area contributed by atoms with E-state index < -0.39 is 0 Å². The molecule has 12 heavy (non-hydrogen) atoms. The Morgan fingerprint density at radius 1 is 1.58 bits per heavy atom. The van der Waals surface area contributed by atoms with Crippen molar-refractivity contribution in [1.29, 1.82) is 5.26 Å². The van der Waals surface area contributed by atoms with Gasteiger partial charge in [0, 0.05) is 5.33 Å². The van der Waals surface area contributed by atoms with Crippen LogP contribution in [0.3, 0.4) is 0 Å². The standard InChI is InChI=1S/C8H6BrClN2/c9-4-3-6-1-2-7(5-11)12-8(6)10/h1-2H,3-4H2. The summed E-state index contributed by atoms with van der Waals surface area (Å²) in [5, 5.41) is 9.77. The molecule has 0 aromatic carbocycles. The monoisotopic (exact) mass is 244 g/mol. The molecule has 0 atom stereocenters. The molecule has 1 rings (SSSR count). The first kappa shape index (κ1) is 9.50. The molecule has 0 radical (unpaired) electrons. The Balaban J connectivity index is 2.97. The number of aryl methyl sites for hydroxylation is 1. The van der Waals surface area contributed by atoms with E-state index in [9.17, 15) is 0 Å². The van der Waals surface area contributed by atoms with Crippen LogP contribution in [-0.4, -0.2) is 10.3 Å². The van der Waals surface area contributed by atoms with E-state index in [0.29, 0.717) is 10.8 Å². The molecule has 0 aliphatic carbocycles. The van der Waals surface area contributed by atoms with Crippen molar-refractivity contribution in [3.8, 4) is 6.07 Å². The number of alkyl halides is 1. The summed E-state index contributed by atoms with van der Waals surface area (Å²) >= 11 is 9.11. The predicted octanol–water partition coefficient (Wildman–Crippen LogP) is 2.54. The Hall–Kier alpha value is -0.590. The van der Waals surface area contributed by atoms with Gasteiger partial charge in [-0.3, -0.25) is 0 Å². The van der Waals surface area contributed by atoms with Crippen molar-refractivity contribution in [2.24, 2.45) is 0 Å². The van der Waals surface area contributed by atoms with Crippen LogP contribution in [0, 0.1) is 11.3 Å². The van der Waals surface area contributed by atoms with Gasteiger partial charge in [-0.1, -0.05) is 33.6 Å². The molecule has 0 saturated heterocycles. The quantitative estimate of drug-likeness (QED) is 0.593. The Morgan fingerprint density at radius 3 is 2.83 bits per heavy atom. The van der Waals surface area contributed by atoms with Gasteiger partial charge in [-0.05, 0) is 18.1 Å². The third-order valence-electron chi connectivity index (χ3n) is 1.40. The number of pyridine rings is 1. The van der Waals surface area contributed by atoms with Crippen molar-refractivity contribution in [1.82, 2.24) is 4.98 Å². The molecule has 0 aliphatic heterocycles. The van der Waals surface area contributed by atoms with Gasteiger partial charge in [-0.2, -0.15) is 5.26 Å². The molecule has 0 saturated carbocycles. The van der Waals surface area contributed by atoms with Crippen LogP contribution in [0.25, 0.3) is 0 Å². The summed E-state index contributed by atoms with van der Waals surface area (Å²) in [6.07, 6.45) is 0.831. The molecule has 0 N–H and O–H groups in total. The minimum absolute atomic E-state index is 0.360. The van der Waals surface area contributed by atoms with Crippen molar-refractivity contribution < 1.29 is 0 Å². The van der Waals surface area contributed by atoms with E-state index in [1.807, 2.05) is 12.1 Å². The molecule has 0 spiro atoms. The van der Waals surface area contributed by atoms with Crippen LogP contribution >= 0.6 is 27.5 Å². The van der Waals surface area contributed by atoms with Crippen LogP contribution in [-0.2, 0) is 6.42 Å². The highest BCUT2D eigenvalue weighted by molar-refractivity contribution is 9.09. The third-order valence-corrected chi connectivity index (χ3v) is 2.13. The lowest BCUT2D eigenvalue weighted by Gasteiger charge is -1.99. The predicted molar refractivity (Wildman–Crippen MR) is 51.5 cm³/mol. The largest absolute Gasteiger partial charge is 0.225 e. The van der Waals surface area contributed by atoms with Crippen molar-refractivity contribution in [2.75, 3.05) is 5.33 Å². The maximum atomic E-state index is 8.50. The summed E-state index contributed by atoms with van der Waals surface area (Å²) in [7, 11) is 0. The highest BCUT2D eigenvalue weighted by Crippen LogP contribution is 2.14. The molecular formula is C8H6BrClN2. The van der Waals surface area contributed by atoms with Gasteiger partial charge in [0.1, 0.15) is 16.9 Å². The number of hydrogen-bond acceptors (Lipinski definition) is 2. The smallest absolute Gasteiger partial charge is 0.142 e. The fourth-order valence-electron chi connectivity index (χ4n) is 0.814. The van der Waals surface area contributed by atoms with Gasteiger partial charge in [0.25, 0.3) is 0 Å². The zero-order valence-electron chi connectivity index (χ0n) is 6.22. The first-order valence-electron chi connectivity index (χ1n) is 3.39. The minimum Gasteiger partial charge on any atom is -0.225 e. The minimum atomic E-state index is 0.360. The van der Waals surface area contributed by atoms with Crippen LogP contribution in [0.4, 0.5) is 0 Å². The van der Waals surface area contributed by atoms with E-state index in [2.05, 4.69) is 20.9 Å². The molecule has 4 heteroatoms. The van der Waals surface area contributed by atoms with E-state index in [4.69, 9.17) is 16.9 Å². The normalized spacial score (nSPS) is 9.42. The highest BCUT2D eigenvalue weighted by Gasteiger charge is 2.01. The molecule has 1 aromatic rings. The number of rotatable bonds is 2. The lowest BCUT2D eigenvalue weighted by molar-refractivity contribution is 1.11. The average Bonchev–Trinajstić information content (AvgIpc) is 2.09. The number of nitrogens with zero attached hydrogens (tertiary/aromatic N) is 2. The van der Waals surface area contributed by atoms with E-state index in [1.54, 1.807) is 6.07 Å². The molecule has 0 aliphatic rings. The summed E-state index contributed by atoms with van der Waals surface area (Å²) in [5.41, 5.74) is 1.32. The SMILES string of the molecule is N#Cc1ccc(CCBr)c(Cl)n1. The Labute approximate surface area is 84.3 Å². The molecule has 0 amide bonds. The third kappa shape index (κ3) is 2.20. The Morgan fingerprint density at radius 2 is 2.33 bits per heavy atom. The van der Waals surface area contributed by atoms with Crippen LogP contribution in [0.1, 0.15) is 11.3 Å². The summed E-state index contributed by atoms with van der Waals surface area (Å²) in [4.78, 5) is 3.89. The van der Waals surface area contributed by atoms with Crippen LogP contribution in [0.5, 0.6) is 0 Å². The van der Waals surface area contributed by atoms with Gasteiger partial charge in [0.05, 0.1) is 0 Å². The summed E-state index contributed by atoms with van der Waals surface area (Å²) in [6, 6.07) is 5.43. The Bertz CT molecular complexity index is 319. The Kier molecular flexibility index (Phi) is 3.51. The second kappa shape index (κ2) is 4.44. The van der Waals surface area contributed by atoms with Gasteiger partial charge in [0.2, 0.25) is 0 Å². The van der Waals surface area contributed by atoms with E-state index >= 15 is 0 Å². The van der Waals surface area contributed by atoms with E-state index in [1.165, 1.54) is 0 Å². The molecule has 0 bridgehead atoms. The zero-order valence-corrected chi connectivity index (χ0v) is 8.56. The topological polar surface area (TPSA) is 36.7 Å². The fourth-order valence-corrected chi connectivity index (χ4v) is 1.49. The van der Waals surface area contributed by atoms with Crippen LogP contribution in [0.2, 0.25) is 5.15 Å². The average molecular weight is 246 g/mol. The molecule has 1 heterocycles. The molecule has 2 nitrogen and oxygen atoms in total. The fraction of sp³-hybridized carbons (Fsp3) is 0.250. The molecule has 0 fully saturated rings. The maximum Gasteiger partial charge on any atom is 0.142 e. The number of halogens is 2. The van der Waals surface area contributed by atoms with E-state index in [0.717, 1.165) is 17.3 Å². The lowest BCUT2D eigenvalue weighted by atomic mass is 10.2. The summed E-state index contributed by atoms with van der Waals surface area (Å²) in [6.45, 7) is 0. The van der Waals surface area contributed by atoms with Gasteiger partial charge >= 0.3 is 0 Å². The second-order valence-corrected chi connectivity index (χ2v) is 3.35. The molecule has 1 aromatic heterocycles. The highest BCUT2D eigenvalue weighted by atomic mass is 79.9. The van der Waals surface area contributed by atoms with Gasteiger partial charge in [0.15, 0.2) is 0 Å². The molecule has 62 valence electrons. The number of aromatic nitrogens is 1. The van der Waals surface area contributed by atoms with Crippen molar-refractivity contribution in [2.45, 2.75) is 6.42 Å². The maximum absolute atomic E-state index is 8.50. The van der Waals surface area contributed by atoms with Crippen molar-refractivity contribution in [3.05, 3.63) is 28.5 Å². The van der Waals surface area contributed by atoms with Gasteiger partial charge < -0.3 is 0 Å². The summed E-state index contributed by atoms with van der Waals surface area (Å²) in [5.74, 6) is 0. The second-order valence-electron chi connectivity index (χ2n) is 2.20. The van der Waals surface area contributed by atoms with Crippen LogP contribution in [0.15, 0.2) is 12.1 Å². The summed E-state index contributed by atoms with van der Waals surface area (Å²) < 4.78 is 0. The first-order chi connectivity index (χ1) is 5.77. The van der Waals surface area contributed by atoms with E-state index in [-0.39, 0.29) is 0 Å². The lowest BCUT2D eigenvalue weighted by Crippen LogP contribution is -1.92. The van der Waals surface area contributed by atoms with Crippen LogP contribution < -0.4 is 0 Å². The van der Waals surface area contributed by atoms with Crippen molar-refractivity contribution >= 4 is 27.5 Å². The van der Waals surface area contributed by atoms with Gasteiger partial charge in [-0.25, -0.2) is 4.98 Å². The number of nitriles is 1. The molecular weight excluding hydrogens is 239 g/mol. The molecule has 0 unspecified atom stereocenters. The number of hydrogen-bond donors (Lipinski definition) is 0.